The number of carbonyl (C=O) groups excluding carboxylic acids is 1. The van der Waals surface area contributed by atoms with Gasteiger partial charge in [-0.15, -0.1) is 0 Å². The fraction of sp³-hybridized carbons (Fsp3) is 0.652. The summed E-state index contributed by atoms with van der Waals surface area (Å²) < 4.78 is 38.2. The van der Waals surface area contributed by atoms with E-state index >= 15 is 0 Å². The number of sulfone groups is 1. The first-order chi connectivity index (χ1) is 14.7. The number of halogens is 1. The molecule has 1 aromatic carbocycles. The second-order valence-corrected chi connectivity index (χ2v) is 12.3. The van der Waals surface area contributed by atoms with Crippen LogP contribution in [-0.2, 0) is 20.0 Å². The van der Waals surface area contributed by atoms with Crippen molar-refractivity contribution in [2.45, 2.75) is 89.4 Å². The van der Waals surface area contributed by atoms with Crippen LogP contribution in [0.5, 0.6) is 0 Å². The Labute approximate surface area is 196 Å². The summed E-state index contributed by atoms with van der Waals surface area (Å²) in [5.74, 6) is 0.455. The molecular weight excluding hydrogens is 452 g/mol. The van der Waals surface area contributed by atoms with Crippen LogP contribution >= 0.6 is 11.6 Å². The molecule has 1 aliphatic rings. The summed E-state index contributed by atoms with van der Waals surface area (Å²) in [5, 5.41) is -0.545. The third-order valence-electron chi connectivity index (χ3n) is 4.92. The number of hydrogen-bond donors (Lipinski definition) is 0. The molecule has 0 aliphatic carbocycles. The van der Waals surface area contributed by atoms with Crippen molar-refractivity contribution < 1.29 is 22.4 Å². The van der Waals surface area contributed by atoms with Gasteiger partial charge in [-0.3, -0.25) is 0 Å². The summed E-state index contributed by atoms with van der Waals surface area (Å²) in [6, 6.07) is 3.21. The SMILES string of the molecule is CC.CC(C)(C)OC(=O)N1CCC(S(=O)(=O)c2c(Cl)ccc3nc(C(C)(C)C)oc23)CC1. The second-order valence-electron chi connectivity index (χ2n) is 9.71. The number of oxazole rings is 1. The van der Waals surface area contributed by atoms with E-state index in [4.69, 9.17) is 20.8 Å². The van der Waals surface area contributed by atoms with Gasteiger partial charge >= 0.3 is 6.09 Å². The summed E-state index contributed by atoms with van der Waals surface area (Å²) >= 11 is 6.33. The summed E-state index contributed by atoms with van der Waals surface area (Å²) in [4.78, 5) is 18.3. The zero-order valence-electron chi connectivity index (χ0n) is 20.3. The van der Waals surface area contributed by atoms with Gasteiger partial charge in [-0.05, 0) is 45.7 Å². The molecule has 1 fully saturated rings. The molecule has 7 nitrogen and oxygen atoms in total. The Bertz CT molecular complexity index is 1060. The highest BCUT2D eigenvalue weighted by atomic mass is 35.5. The minimum Gasteiger partial charge on any atom is -0.444 e. The Morgan fingerprint density at radius 1 is 1.12 bits per heavy atom. The zero-order valence-corrected chi connectivity index (χ0v) is 21.9. The quantitative estimate of drug-likeness (QED) is 0.518. The highest BCUT2D eigenvalue weighted by Gasteiger charge is 2.37. The van der Waals surface area contributed by atoms with E-state index in [2.05, 4.69) is 4.98 Å². The minimum atomic E-state index is -3.78. The van der Waals surface area contributed by atoms with E-state index in [0.717, 1.165) is 0 Å². The van der Waals surface area contributed by atoms with Crippen molar-refractivity contribution in [2.75, 3.05) is 13.1 Å². The molecule has 3 rings (SSSR count). The molecule has 2 heterocycles. The number of likely N-dealkylation sites (tertiary alicyclic amines) is 1. The van der Waals surface area contributed by atoms with Crippen molar-refractivity contribution in [3.05, 3.63) is 23.0 Å². The van der Waals surface area contributed by atoms with Crippen LogP contribution in [-0.4, -0.2) is 48.3 Å². The van der Waals surface area contributed by atoms with Gasteiger partial charge < -0.3 is 14.1 Å². The van der Waals surface area contributed by atoms with Gasteiger partial charge in [-0.25, -0.2) is 18.2 Å². The number of ether oxygens (including phenoxy) is 1. The van der Waals surface area contributed by atoms with Crippen molar-refractivity contribution in [1.29, 1.82) is 0 Å². The lowest BCUT2D eigenvalue weighted by molar-refractivity contribution is 0.0217. The summed E-state index contributed by atoms with van der Waals surface area (Å²) in [7, 11) is -3.78. The second kappa shape index (κ2) is 9.59. The molecule has 9 heteroatoms. The van der Waals surface area contributed by atoms with Crippen molar-refractivity contribution in [3.8, 4) is 0 Å². The fourth-order valence-electron chi connectivity index (χ4n) is 3.37. The molecule has 0 bridgehead atoms. The summed E-state index contributed by atoms with van der Waals surface area (Å²) in [6.07, 6.45) is 0.173. The number of rotatable bonds is 2. The van der Waals surface area contributed by atoms with E-state index in [1.807, 2.05) is 34.6 Å². The Kier molecular flexibility index (Phi) is 7.93. The summed E-state index contributed by atoms with van der Waals surface area (Å²) in [5.41, 5.74) is -0.304. The standard InChI is InChI=1S/C21H29ClN2O5S.C2H6/c1-20(2,3)18-23-15-8-7-14(22)17(16(15)28-18)30(26,27)13-9-11-24(12-10-13)19(25)29-21(4,5)6;1-2/h7-8,13H,9-12H2,1-6H3;1-2H3. The highest BCUT2D eigenvalue weighted by molar-refractivity contribution is 7.92. The first-order valence-corrected chi connectivity index (χ1v) is 12.9. The predicted molar refractivity (Wildman–Crippen MR) is 127 cm³/mol. The van der Waals surface area contributed by atoms with Gasteiger partial charge in [0.25, 0.3) is 0 Å². The third-order valence-corrected chi connectivity index (χ3v) is 7.67. The topological polar surface area (TPSA) is 89.7 Å². The van der Waals surface area contributed by atoms with E-state index in [9.17, 15) is 13.2 Å². The molecular formula is C23H35ClN2O5S. The van der Waals surface area contributed by atoms with Gasteiger partial charge in [0.05, 0.1) is 10.3 Å². The number of benzene rings is 1. The number of carbonyl (C=O) groups is 1. The van der Waals surface area contributed by atoms with Gasteiger partial charge in [0.2, 0.25) is 5.89 Å². The first kappa shape index (κ1) is 26.5. The molecule has 1 saturated heterocycles. The Morgan fingerprint density at radius 3 is 2.19 bits per heavy atom. The first-order valence-electron chi connectivity index (χ1n) is 11.0. The van der Waals surface area contributed by atoms with Crippen LogP contribution in [0.15, 0.2) is 21.4 Å². The highest BCUT2D eigenvalue weighted by Crippen LogP contribution is 2.37. The number of amides is 1. The van der Waals surface area contributed by atoms with E-state index in [-0.39, 0.29) is 20.9 Å². The molecule has 0 atom stereocenters. The van der Waals surface area contributed by atoms with Crippen LogP contribution in [0.4, 0.5) is 4.79 Å². The molecule has 1 amide bonds. The molecule has 1 aromatic heterocycles. The molecule has 0 saturated carbocycles. The lowest BCUT2D eigenvalue weighted by atomic mass is 9.97. The zero-order chi connectivity index (χ0) is 24.5. The lowest BCUT2D eigenvalue weighted by Crippen LogP contribution is -2.44. The van der Waals surface area contributed by atoms with Gasteiger partial charge in [-0.2, -0.15) is 0 Å². The number of aromatic nitrogens is 1. The van der Waals surface area contributed by atoms with Crippen LogP contribution in [0.2, 0.25) is 5.02 Å². The Balaban J connectivity index is 0.00000176. The van der Waals surface area contributed by atoms with Crippen LogP contribution in [0.1, 0.15) is 74.1 Å². The molecule has 32 heavy (non-hydrogen) atoms. The predicted octanol–water partition coefficient (Wildman–Crippen LogP) is 5.98. The maximum atomic E-state index is 13.5. The molecule has 1 aliphatic heterocycles. The van der Waals surface area contributed by atoms with E-state index < -0.39 is 26.8 Å². The maximum Gasteiger partial charge on any atom is 0.410 e. The largest absolute Gasteiger partial charge is 0.444 e. The molecule has 0 spiro atoms. The van der Waals surface area contributed by atoms with Gasteiger partial charge in [0, 0.05) is 18.5 Å². The van der Waals surface area contributed by atoms with Crippen LogP contribution in [0.25, 0.3) is 11.1 Å². The Hall–Kier alpha value is -1.80. The van der Waals surface area contributed by atoms with E-state index in [1.54, 1.807) is 37.8 Å². The van der Waals surface area contributed by atoms with Crippen molar-refractivity contribution >= 4 is 38.6 Å². The molecule has 0 unspecified atom stereocenters. The summed E-state index contributed by atoms with van der Waals surface area (Å²) in [6.45, 7) is 15.8. The van der Waals surface area contributed by atoms with Gasteiger partial charge in [0.1, 0.15) is 16.0 Å². The minimum absolute atomic E-state index is 0.0135. The average molecular weight is 487 g/mol. The van der Waals surface area contributed by atoms with Gasteiger partial charge in [0.15, 0.2) is 15.4 Å². The van der Waals surface area contributed by atoms with Crippen LogP contribution in [0.3, 0.4) is 0 Å². The van der Waals surface area contributed by atoms with Gasteiger partial charge in [-0.1, -0.05) is 46.2 Å². The molecule has 180 valence electrons. The van der Waals surface area contributed by atoms with Crippen LogP contribution in [0, 0.1) is 0 Å². The number of hydrogen-bond acceptors (Lipinski definition) is 6. The molecule has 0 radical (unpaired) electrons. The van der Waals surface area contributed by atoms with Crippen molar-refractivity contribution in [1.82, 2.24) is 9.88 Å². The lowest BCUT2D eigenvalue weighted by Gasteiger charge is -2.33. The number of piperidine rings is 1. The molecule has 2 aromatic rings. The van der Waals surface area contributed by atoms with Crippen molar-refractivity contribution in [3.63, 3.8) is 0 Å². The number of fused-ring (bicyclic) bond motifs is 1. The maximum absolute atomic E-state index is 13.5. The average Bonchev–Trinajstić information content (AvgIpc) is 3.12. The molecule has 0 N–H and O–H groups in total. The monoisotopic (exact) mass is 486 g/mol. The normalized spacial score (nSPS) is 16.0. The smallest absolute Gasteiger partial charge is 0.410 e. The van der Waals surface area contributed by atoms with Crippen molar-refractivity contribution in [2.24, 2.45) is 0 Å². The van der Waals surface area contributed by atoms with E-state index in [0.29, 0.717) is 37.3 Å². The van der Waals surface area contributed by atoms with Crippen LogP contribution < -0.4 is 0 Å². The van der Waals surface area contributed by atoms with E-state index in [1.165, 1.54) is 0 Å². The Morgan fingerprint density at radius 2 is 1.69 bits per heavy atom. The third kappa shape index (κ3) is 5.76. The number of nitrogens with zero attached hydrogens (tertiary/aromatic N) is 2. The fourth-order valence-corrected chi connectivity index (χ4v) is 5.75.